The van der Waals surface area contributed by atoms with Crippen molar-refractivity contribution in [2.24, 2.45) is 0 Å². The van der Waals surface area contributed by atoms with Crippen molar-refractivity contribution in [3.63, 3.8) is 0 Å². The molecule has 3 aromatic heterocycles. The maximum Gasteiger partial charge on any atom is 0.243 e. The molecular weight excluding hydrogens is 336 g/mol. The molecule has 0 spiro atoms. The van der Waals surface area contributed by atoms with E-state index in [-0.39, 0.29) is 5.91 Å². The quantitative estimate of drug-likeness (QED) is 0.691. The van der Waals surface area contributed by atoms with E-state index in [2.05, 4.69) is 15.5 Å². The van der Waals surface area contributed by atoms with Crippen molar-refractivity contribution in [1.82, 2.24) is 20.1 Å². The number of carbonyl (C=O) groups is 1. The average Bonchev–Trinajstić information content (AvgIpc) is 3.25. The van der Waals surface area contributed by atoms with Crippen LogP contribution in [0.25, 0.3) is 10.7 Å². The molecule has 0 radical (unpaired) electrons. The normalized spacial score (nSPS) is 12.2. The van der Waals surface area contributed by atoms with Crippen molar-refractivity contribution in [3.8, 4) is 10.7 Å². The lowest BCUT2D eigenvalue weighted by molar-refractivity contribution is -0.124. The molecule has 0 fully saturated rings. The van der Waals surface area contributed by atoms with Crippen LogP contribution in [0.4, 0.5) is 0 Å². The first-order valence-electron chi connectivity index (χ1n) is 6.67. The van der Waals surface area contributed by atoms with Crippen LogP contribution in [0, 0.1) is 4.77 Å². The Morgan fingerprint density at radius 2 is 2.18 bits per heavy atom. The summed E-state index contributed by atoms with van der Waals surface area (Å²) in [4.78, 5) is 14.5. The van der Waals surface area contributed by atoms with Gasteiger partial charge in [0.15, 0.2) is 10.6 Å². The Morgan fingerprint density at radius 1 is 1.41 bits per heavy atom. The first kappa shape index (κ1) is 15.1. The molecule has 0 bridgehead atoms. The molecule has 5 nitrogen and oxygen atoms in total. The van der Waals surface area contributed by atoms with E-state index >= 15 is 0 Å². The zero-order chi connectivity index (χ0) is 15.5. The molecule has 0 aliphatic rings. The molecule has 0 aliphatic carbocycles. The summed E-state index contributed by atoms with van der Waals surface area (Å²) in [5, 5.41) is 13.9. The summed E-state index contributed by atoms with van der Waals surface area (Å²) in [6.45, 7) is 2.35. The lowest BCUT2D eigenvalue weighted by Gasteiger charge is -2.14. The smallest absolute Gasteiger partial charge is 0.243 e. The minimum atomic E-state index is -0.427. The predicted octanol–water partition coefficient (Wildman–Crippen LogP) is 3.61. The second-order valence-corrected chi connectivity index (χ2v) is 7.04. The zero-order valence-electron chi connectivity index (χ0n) is 11.8. The van der Waals surface area contributed by atoms with Gasteiger partial charge in [-0.3, -0.25) is 14.5 Å². The van der Waals surface area contributed by atoms with Gasteiger partial charge in [-0.05, 0) is 42.0 Å². The Bertz CT molecular complexity index is 802. The van der Waals surface area contributed by atoms with Crippen molar-refractivity contribution in [2.75, 3.05) is 0 Å². The fraction of sp³-hybridized carbons (Fsp3) is 0.214. The SMILES string of the molecule is C[C@H](C(=O)NCc1cccs1)n1c(-c2cccs2)n[nH]c1=S. The number of nitrogens with one attached hydrogen (secondary N) is 2. The number of rotatable bonds is 5. The molecule has 3 heterocycles. The second kappa shape index (κ2) is 6.55. The molecule has 22 heavy (non-hydrogen) atoms. The number of aromatic nitrogens is 3. The van der Waals surface area contributed by atoms with E-state index in [1.165, 1.54) is 0 Å². The molecule has 8 heteroatoms. The molecular formula is C14H14N4OS3. The molecule has 0 saturated carbocycles. The molecule has 114 valence electrons. The van der Waals surface area contributed by atoms with Crippen LogP contribution in [0.5, 0.6) is 0 Å². The minimum absolute atomic E-state index is 0.0799. The number of nitrogens with zero attached hydrogens (tertiary/aromatic N) is 2. The zero-order valence-corrected chi connectivity index (χ0v) is 14.2. The van der Waals surface area contributed by atoms with Crippen molar-refractivity contribution in [2.45, 2.75) is 19.5 Å². The second-order valence-electron chi connectivity index (χ2n) is 4.67. The van der Waals surface area contributed by atoms with Gasteiger partial charge in [0.05, 0.1) is 11.4 Å². The fourth-order valence-corrected chi connectivity index (χ4v) is 3.74. The number of aromatic amines is 1. The Hall–Kier alpha value is -1.77. The predicted molar refractivity (Wildman–Crippen MR) is 91.6 cm³/mol. The summed E-state index contributed by atoms with van der Waals surface area (Å²) < 4.78 is 2.20. The summed E-state index contributed by atoms with van der Waals surface area (Å²) in [7, 11) is 0. The van der Waals surface area contributed by atoms with Crippen LogP contribution < -0.4 is 5.32 Å². The van der Waals surface area contributed by atoms with E-state index in [0.717, 1.165) is 9.75 Å². The standard InChI is InChI=1S/C14H14N4OS3/c1-9(13(19)15-8-10-4-2-6-21-10)18-12(16-17-14(18)20)11-5-3-7-22-11/h2-7,9H,8H2,1H3,(H,15,19)(H,17,20)/t9-/m1/s1. The van der Waals surface area contributed by atoms with Crippen LogP contribution in [0.1, 0.15) is 17.8 Å². The summed E-state index contributed by atoms with van der Waals surface area (Å²) in [6.07, 6.45) is 0. The number of H-pyrrole nitrogens is 1. The molecule has 3 aromatic rings. The highest BCUT2D eigenvalue weighted by atomic mass is 32.1. The van der Waals surface area contributed by atoms with Crippen LogP contribution >= 0.6 is 34.9 Å². The highest BCUT2D eigenvalue weighted by Crippen LogP contribution is 2.25. The number of hydrogen-bond acceptors (Lipinski definition) is 5. The number of carbonyl (C=O) groups excluding carboxylic acids is 1. The van der Waals surface area contributed by atoms with Gasteiger partial charge in [0, 0.05) is 4.88 Å². The third-order valence-corrected chi connectivity index (χ3v) is 5.26. The van der Waals surface area contributed by atoms with Gasteiger partial charge in [-0.2, -0.15) is 5.10 Å². The van der Waals surface area contributed by atoms with Crippen molar-refractivity contribution in [3.05, 3.63) is 44.7 Å². The summed E-state index contributed by atoms with van der Waals surface area (Å²) in [6, 6.07) is 7.45. The molecule has 2 N–H and O–H groups in total. The monoisotopic (exact) mass is 350 g/mol. The number of thiophene rings is 2. The van der Waals surface area contributed by atoms with E-state index in [0.29, 0.717) is 17.1 Å². The van der Waals surface area contributed by atoms with Crippen LogP contribution in [0.2, 0.25) is 0 Å². The minimum Gasteiger partial charge on any atom is -0.349 e. The molecule has 0 unspecified atom stereocenters. The van der Waals surface area contributed by atoms with Gasteiger partial charge in [-0.1, -0.05) is 12.1 Å². The Morgan fingerprint density at radius 3 is 2.86 bits per heavy atom. The van der Waals surface area contributed by atoms with E-state index in [9.17, 15) is 4.79 Å². The van der Waals surface area contributed by atoms with Gasteiger partial charge in [0.25, 0.3) is 0 Å². The van der Waals surface area contributed by atoms with Gasteiger partial charge < -0.3 is 5.32 Å². The molecule has 3 rings (SSSR count). The third kappa shape index (κ3) is 3.03. The number of amides is 1. The maximum absolute atomic E-state index is 12.4. The van der Waals surface area contributed by atoms with Crippen LogP contribution in [0.3, 0.4) is 0 Å². The van der Waals surface area contributed by atoms with Crippen LogP contribution in [0.15, 0.2) is 35.0 Å². The Labute approximate surface area is 140 Å². The summed E-state index contributed by atoms with van der Waals surface area (Å²) >= 11 is 8.46. The highest BCUT2D eigenvalue weighted by Gasteiger charge is 2.21. The van der Waals surface area contributed by atoms with Gasteiger partial charge in [0.1, 0.15) is 6.04 Å². The Kier molecular flexibility index (Phi) is 4.51. The first-order valence-corrected chi connectivity index (χ1v) is 8.84. The maximum atomic E-state index is 12.4. The van der Waals surface area contributed by atoms with Crippen molar-refractivity contribution in [1.29, 1.82) is 0 Å². The lowest BCUT2D eigenvalue weighted by Crippen LogP contribution is -2.30. The fourth-order valence-electron chi connectivity index (χ4n) is 2.10. The van der Waals surface area contributed by atoms with E-state index in [1.807, 2.05) is 41.9 Å². The van der Waals surface area contributed by atoms with Gasteiger partial charge in [0.2, 0.25) is 5.91 Å². The van der Waals surface area contributed by atoms with Crippen LogP contribution in [-0.4, -0.2) is 20.7 Å². The van der Waals surface area contributed by atoms with Gasteiger partial charge >= 0.3 is 0 Å². The number of hydrogen-bond donors (Lipinski definition) is 2. The lowest BCUT2D eigenvalue weighted by atomic mass is 10.3. The van der Waals surface area contributed by atoms with E-state index < -0.39 is 6.04 Å². The molecule has 0 aliphatic heterocycles. The third-order valence-electron chi connectivity index (χ3n) is 3.23. The molecule has 0 aromatic carbocycles. The molecule has 0 saturated heterocycles. The highest BCUT2D eigenvalue weighted by molar-refractivity contribution is 7.71. The topological polar surface area (TPSA) is 62.7 Å². The Balaban J connectivity index is 1.80. The average molecular weight is 350 g/mol. The largest absolute Gasteiger partial charge is 0.349 e. The van der Waals surface area contributed by atoms with Gasteiger partial charge in [-0.15, -0.1) is 22.7 Å². The molecule has 1 amide bonds. The van der Waals surface area contributed by atoms with Crippen molar-refractivity contribution >= 4 is 40.8 Å². The summed E-state index contributed by atoms with van der Waals surface area (Å²) in [5.74, 6) is 0.613. The van der Waals surface area contributed by atoms with Crippen LogP contribution in [-0.2, 0) is 11.3 Å². The molecule has 1 atom stereocenters. The van der Waals surface area contributed by atoms with E-state index in [4.69, 9.17) is 12.2 Å². The summed E-state index contributed by atoms with van der Waals surface area (Å²) in [5.41, 5.74) is 0. The van der Waals surface area contributed by atoms with Crippen molar-refractivity contribution < 1.29 is 4.79 Å². The van der Waals surface area contributed by atoms with E-state index in [1.54, 1.807) is 27.2 Å². The van der Waals surface area contributed by atoms with Gasteiger partial charge in [-0.25, -0.2) is 0 Å². The first-order chi connectivity index (χ1) is 10.7.